The highest BCUT2D eigenvalue weighted by Gasteiger charge is 2.25. The van der Waals surface area contributed by atoms with Gasteiger partial charge < -0.3 is 13.7 Å². The van der Waals surface area contributed by atoms with E-state index in [1.807, 2.05) is 36.4 Å². The molecule has 5 aromatic rings. The molecule has 0 saturated heterocycles. The molecule has 0 spiro atoms. The van der Waals surface area contributed by atoms with Crippen LogP contribution in [0.25, 0.3) is 44.0 Å². The van der Waals surface area contributed by atoms with Crippen LogP contribution in [0.3, 0.4) is 0 Å². The Morgan fingerprint density at radius 2 is 1.90 bits per heavy atom. The SMILES string of the molecule is C#Cc1ccc2c(c1)[nH]c1c2c(=O)c2cc(CCCC)c(-c3cccc(OS(=O)(=O)F)c3)cc2n1C1CCCC1. The Bertz CT molecular complexity index is 1990. The lowest BCUT2D eigenvalue weighted by Gasteiger charge is -2.21. The number of pyridine rings is 1. The number of nitrogens with one attached hydrogen (secondary N) is 1. The largest absolute Gasteiger partial charge is 0.488 e. The van der Waals surface area contributed by atoms with Gasteiger partial charge >= 0.3 is 10.5 Å². The van der Waals surface area contributed by atoms with E-state index in [1.54, 1.807) is 6.07 Å². The smallest absolute Gasteiger partial charge is 0.358 e. The van der Waals surface area contributed by atoms with Crippen molar-refractivity contribution in [2.45, 2.75) is 57.9 Å². The Hall–Kier alpha value is -4.09. The summed E-state index contributed by atoms with van der Waals surface area (Å²) in [5, 5.41) is 2.16. The molecule has 1 fully saturated rings. The molecule has 2 heterocycles. The molecule has 1 N–H and O–H groups in total. The maximum atomic E-state index is 14.2. The van der Waals surface area contributed by atoms with Crippen LogP contribution in [0.15, 0.2) is 59.4 Å². The maximum Gasteiger partial charge on any atom is 0.488 e. The van der Waals surface area contributed by atoms with E-state index in [9.17, 15) is 17.1 Å². The van der Waals surface area contributed by atoms with E-state index in [0.717, 1.165) is 83.7 Å². The van der Waals surface area contributed by atoms with E-state index < -0.39 is 10.5 Å². The van der Waals surface area contributed by atoms with Crippen LogP contribution in [0.5, 0.6) is 5.75 Å². The number of benzene rings is 3. The summed E-state index contributed by atoms with van der Waals surface area (Å²) in [6.07, 6.45) is 12.5. The van der Waals surface area contributed by atoms with E-state index in [1.165, 1.54) is 12.1 Å². The number of hydrogen-bond donors (Lipinski definition) is 1. The molecule has 2 aromatic heterocycles. The summed E-state index contributed by atoms with van der Waals surface area (Å²) in [7, 11) is -5.16. The van der Waals surface area contributed by atoms with E-state index in [-0.39, 0.29) is 17.2 Å². The average molecular weight is 557 g/mol. The first-order chi connectivity index (χ1) is 19.3. The zero-order valence-corrected chi connectivity index (χ0v) is 23.0. The van der Waals surface area contributed by atoms with Gasteiger partial charge in [-0.05, 0) is 78.8 Å². The lowest BCUT2D eigenvalue weighted by atomic mass is 9.93. The normalized spacial score (nSPS) is 14.3. The monoisotopic (exact) mass is 556 g/mol. The third kappa shape index (κ3) is 4.65. The van der Waals surface area contributed by atoms with Crippen LogP contribution in [-0.2, 0) is 16.9 Å². The number of fused-ring (bicyclic) bond motifs is 4. The van der Waals surface area contributed by atoms with Crippen LogP contribution in [-0.4, -0.2) is 18.0 Å². The molecule has 8 heteroatoms. The zero-order valence-electron chi connectivity index (χ0n) is 22.2. The summed E-state index contributed by atoms with van der Waals surface area (Å²) in [6.45, 7) is 2.11. The summed E-state index contributed by atoms with van der Waals surface area (Å²) < 4.78 is 42.4. The van der Waals surface area contributed by atoms with Gasteiger partial charge in [-0.25, -0.2) is 0 Å². The number of aromatic amines is 1. The fourth-order valence-electron chi connectivity index (χ4n) is 6.17. The summed E-state index contributed by atoms with van der Waals surface area (Å²) in [6, 6.07) is 16.3. The molecule has 0 bridgehead atoms. The van der Waals surface area contributed by atoms with Crippen LogP contribution in [0, 0.1) is 12.3 Å². The fourth-order valence-corrected chi connectivity index (χ4v) is 6.50. The first-order valence-electron chi connectivity index (χ1n) is 13.6. The lowest BCUT2D eigenvalue weighted by molar-refractivity contribution is 0.440. The molecule has 6 nitrogen and oxygen atoms in total. The molecular formula is C32H29FN2O4S. The summed E-state index contributed by atoms with van der Waals surface area (Å²) >= 11 is 0. The lowest BCUT2D eigenvalue weighted by Crippen LogP contribution is -2.15. The molecule has 1 aliphatic carbocycles. The third-order valence-corrected chi connectivity index (χ3v) is 8.36. The molecule has 0 radical (unpaired) electrons. The second kappa shape index (κ2) is 10.1. The van der Waals surface area contributed by atoms with Gasteiger partial charge in [0.05, 0.1) is 10.9 Å². The second-order valence-electron chi connectivity index (χ2n) is 10.5. The molecule has 0 amide bonds. The minimum Gasteiger partial charge on any atom is -0.358 e. The number of H-pyrrole nitrogens is 1. The highest BCUT2D eigenvalue weighted by Crippen LogP contribution is 2.39. The molecule has 3 aromatic carbocycles. The van der Waals surface area contributed by atoms with Crippen molar-refractivity contribution in [2.75, 3.05) is 0 Å². The van der Waals surface area contributed by atoms with Gasteiger partial charge in [0, 0.05) is 27.9 Å². The number of rotatable bonds is 7. The number of aromatic nitrogens is 2. The predicted molar refractivity (Wildman–Crippen MR) is 158 cm³/mol. The van der Waals surface area contributed by atoms with Crippen molar-refractivity contribution in [3.8, 4) is 29.2 Å². The van der Waals surface area contributed by atoms with E-state index >= 15 is 0 Å². The third-order valence-electron chi connectivity index (χ3n) is 7.97. The van der Waals surface area contributed by atoms with Crippen LogP contribution in [0.4, 0.5) is 3.89 Å². The van der Waals surface area contributed by atoms with Crippen LogP contribution < -0.4 is 9.61 Å². The molecule has 0 atom stereocenters. The standard InChI is InChI=1S/C32H29FN2O4S/c1-3-5-9-22-18-27-29(19-26(22)21-10-8-13-24(17-21)39-40(33,37)38)35(23-11-6-7-12-23)32-30(31(27)36)25-15-14-20(4-2)16-28(25)34-32/h2,8,10,13-19,23,34H,3,5-7,9,11-12H2,1H3. The molecular weight excluding hydrogens is 527 g/mol. The molecule has 0 aliphatic heterocycles. The number of terminal acetylenes is 1. The van der Waals surface area contributed by atoms with Crippen molar-refractivity contribution in [3.05, 3.63) is 75.9 Å². The molecule has 40 heavy (non-hydrogen) atoms. The highest BCUT2D eigenvalue weighted by molar-refractivity contribution is 7.81. The van der Waals surface area contributed by atoms with Crippen molar-refractivity contribution in [1.29, 1.82) is 0 Å². The van der Waals surface area contributed by atoms with E-state index in [0.29, 0.717) is 16.3 Å². The van der Waals surface area contributed by atoms with Crippen molar-refractivity contribution < 1.29 is 16.5 Å². The van der Waals surface area contributed by atoms with Crippen molar-refractivity contribution in [3.63, 3.8) is 0 Å². The minimum atomic E-state index is -5.16. The van der Waals surface area contributed by atoms with E-state index in [2.05, 4.69) is 26.6 Å². The molecule has 0 unspecified atom stereocenters. The Balaban J connectivity index is 1.69. The van der Waals surface area contributed by atoms with Crippen LogP contribution >= 0.6 is 0 Å². The number of aryl methyl sites for hydroxylation is 1. The molecule has 6 rings (SSSR count). The Morgan fingerprint density at radius 1 is 1.10 bits per heavy atom. The van der Waals surface area contributed by atoms with Gasteiger partial charge in [0.1, 0.15) is 11.4 Å². The Morgan fingerprint density at radius 3 is 2.62 bits per heavy atom. The minimum absolute atomic E-state index is 0.0381. The van der Waals surface area contributed by atoms with Crippen LogP contribution in [0.1, 0.15) is 62.6 Å². The van der Waals surface area contributed by atoms with Crippen molar-refractivity contribution >= 4 is 43.3 Å². The van der Waals surface area contributed by atoms with E-state index in [4.69, 9.17) is 6.42 Å². The Kier molecular flexibility index (Phi) is 6.63. The predicted octanol–water partition coefficient (Wildman–Crippen LogP) is 7.34. The highest BCUT2D eigenvalue weighted by atomic mass is 32.3. The second-order valence-corrected chi connectivity index (χ2v) is 11.5. The van der Waals surface area contributed by atoms with Gasteiger partial charge in [0.15, 0.2) is 5.43 Å². The summed E-state index contributed by atoms with van der Waals surface area (Å²) in [5.74, 6) is 2.57. The van der Waals surface area contributed by atoms with Gasteiger partial charge in [-0.15, -0.1) is 6.42 Å². The molecule has 1 saturated carbocycles. The molecule has 1 aliphatic rings. The fraction of sp³-hybridized carbons (Fsp3) is 0.281. The first-order valence-corrected chi connectivity index (χ1v) is 15.0. The maximum absolute atomic E-state index is 14.2. The van der Waals surface area contributed by atoms with Gasteiger partial charge in [0.2, 0.25) is 0 Å². The van der Waals surface area contributed by atoms with Crippen molar-refractivity contribution in [2.24, 2.45) is 0 Å². The summed E-state index contributed by atoms with van der Waals surface area (Å²) in [5.41, 5.74) is 5.64. The van der Waals surface area contributed by atoms with Gasteiger partial charge in [-0.1, -0.05) is 54.2 Å². The van der Waals surface area contributed by atoms with Gasteiger partial charge in [-0.2, -0.15) is 8.42 Å². The quantitative estimate of drug-likeness (QED) is 0.168. The summed E-state index contributed by atoms with van der Waals surface area (Å²) in [4.78, 5) is 17.7. The average Bonchev–Trinajstić information content (AvgIpc) is 3.59. The van der Waals surface area contributed by atoms with Gasteiger partial charge in [0.25, 0.3) is 0 Å². The van der Waals surface area contributed by atoms with Crippen molar-refractivity contribution in [1.82, 2.24) is 9.55 Å². The van der Waals surface area contributed by atoms with Gasteiger partial charge in [-0.3, -0.25) is 4.79 Å². The number of nitrogens with zero attached hydrogens (tertiary/aromatic N) is 1. The topological polar surface area (TPSA) is 81.2 Å². The first kappa shape index (κ1) is 26.1. The number of unbranched alkanes of at least 4 members (excludes halogenated alkanes) is 1. The van der Waals surface area contributed by atoms with Crippen LogP contribution in [0.2, 0.25) is 0 Å². The number of halogens is 1. The number of hydrogen-bond acceptors (Lipinski definition) is 4. The Labute approximate surface area is 232 Å². The zero-order chi connectivity index (χ0) is 28.0. The molecule has 204 valence electrons.